The molecule has 0 amide bonds. The molecule has 0 fully saturated rings. The maximum absolute atomic E-state index is 6.03. The lowest BCUT2D eigenvalue weighted by atomic mass is 10.2. The van der Waals surface area contributed by atoms with E-state index >= 15 is 0 Å². The molecule has 1 aromatic carbocycles. The van der Waals surface area contributed by atoms with Crippen molar-refractivity contribution in [2.75, 3.05) is 12.4 Å². The summed E-state index contributed by atoms with van der Waals surface area (Å²) >= 11 is 11.8. The van der Waals surface area contributed by atoms with Crippen LogP contribution in [0, 0.1) is 0 Å². The molecule has 14 heavy (non-hydrogen) atoms. The fourth-order valence-corrected chi connectivity index (χ4v) is 1.73. The molecule has 0 spiro atoms. The zero-order valence-corrected chi connectivity index (χ0v) is 8.89. The second-order valence-corrected chi connectivity index (χ2v) is 3.47. The summed E-state index contributed by atoms with van der Waals surface area (Å²) in [5.74, 6) is 0.644. The molecular formula is C9H7Cl2N3. The van der Waals surface area contributed by atoms with Gasteiger partial charge >= 0.3 is 0 Å². The third kappa shape index (κ3) is 1.49. The number of nitrogens with one attached hydrogen (secondary N) is 1. The average molecular weight is 228 g/mol. The van der Waals surface area contributed by atoms with E-state index in [4.69, 9.17) is 23.2 Å². The van der Waals surface area contributed by atoms with Gasteiger partial charge in [0.05, 0.1) is 15.9 Å². The molecule has 0 bridgehead atoms. The largest absolute Gasteiger partial charge is 0.372 e. The van der Waals surface area contributed by atoms with Crippen LogP contribution in [-0.2, 0) is 0 Å². The molecule has 0 unspecified atom stereocenters. The third-order valence-electron chi connectivity index (χ3n) is 1.88. The lowest BCUT2D eigenvalue weighted by molar-refractivity contribution is 1.21. The minimum Gasteiger partial charge on any atom is -0.372 e. The Bertz CT molecular complexity index is 485. The number of hydrogen-bond donors (Lipinski definition) is 1. The van der Waals surface area contributed by atoms with E-state index in [-0.39, 0.29) is 5.28 Å². The standard InChI is InChI=1S/C9H7Cl2N3/c1-12-8-7-5(10)3-2-4-6(7)13-9(11)14-8/h2-4H,1H3,(H,12,13,14). The highest BCUT2D eigenvalue weighted by Crippen LogP contribution is 2.28. The molecule has 3 nitrogen and oxygen atoms in total. The highest BCUT2D eigenvalue weighted by atomic mass is 35.5. The second-order valence-electron chi connectivity index (χ2n) is 2.73. The van der Waals surface area contributed by atoms with Crippen molar-refractivity contribution in [3.05, 3.63) is 28.5 Å². The second kappa shape index (κ2) is 3.59. The molecule has 0 atom stereocenters. The van der Waals surface area contributed by atoms with Crippen molar-refractivity contribution >= 4 is 39.9 Å². The molecule has 72 valence electrons. The number of halogens is 2. The molecule has 0 aliphatic rings. The van der Waals surface area contributed by atoms with Gasteiger partial charge in [0.25, 0.3) is 0 Å². The maximum atomic E-state index is 6.03. The molecule has 5 heteroatoms. The summed E-state index contributed by atoms with van der Waals surface area (Å²) in [6, 6.07) is 5.46. The summed E-state index contributed by atoms with van der Waals surface area (Å²) in [5.41, 5.74) is 0.738. The fourth-order valence-electron chi connectivity index (χ4n) is 1.29. The molecule has 0 radical (unpaired) electrons. The van der Waals surface area contributed by atoms with Gasteiger partial charge in [0, 0.05) is 7.05 Å². The van der Waals surface area contributed by atoms with Crippen molar-refractivity contribution in [3.8, 4) is 0 Å². The number of aromatic nitrogens is 2. The highest BCUT2D eigenvalue weighted by molar-refractivity contribution is 6.36. The van der Waals surface area contributed by atoms with Gasteiger partial charge in [-0.3, -0.25) is 0 Å². The number of anilines is 1. The van der Waals surface area contributed by atoms with Gasteiger partial charge in [-0.15, -0.1) is 0 Å². The van der Waals surface area contributed by atoms with Gasteiger partial charge in [0.1, 0.15) is 5.82 Å². The normalized spacial score (nSPS) is 10.5. The van der Waals surface area contributed by atoms with Crippen molar-refractivity contribution in [1.82, 2.24) is 9.97 Å². The van der Waals surface area contributed by atoms with Gasteiger partial charge < -0.3 is 5.32 Å². The van der Waals surface area contributed by atoms with E-state index in [0.717, 1.165) is 10.9 Å². The summed E-state index contributed by atoms with van der Waals surface area (Å²) in [6.07, 6.45) is 0. The topological polar surface area (TPSA) is 37.8 Å². The Kier molecular flexibility index (Phi) is 2.44. The number of nitrogens with zero attached hydrogens (tertiary/aromatic N) is 2. The minimum atomic E-state index is 0.212. The Hall–Kier alpha value is -1.06. The first-order valence-corrected chi connectivity index (χ1v) is 4.77. The molecule has 1 heterocycles. The Balaban J connectivity index is 2.88. The van der Waals surface area contributed by atoms with Gasteiger partial charge in [-0.05, 0) is 23.7 Å². The number of rotatable bonds is 1. The van der Waals surface area contributed by atoms with E-state index in [9.17, 15) is 0 Å². The summed E-state index contributed by atoms with van der Waals surface area (Å²) in [5, 5.41) is 4.55. The highest BCUT2D eigenvalue weighted by Gasteiger charge is 2.07. The molecule has 0 saturated carbocycles. The van der Waals surface area contributed by atoms with Gasteiger partial charge in [-0.1, -0.05) is 17.7 Å². The van der Waals surface area contributed by atoms with Crippen LogP contribution in [-0.4, -0.2) is 17.0 Å². The predicted molar refractivity (Wildman–Crippen MR) is 59.1 cm³/mol. The molecule has 0 aliphatic carbocycles. The van der Waals surface area contributed by atoms with Crippen molar-refractivity contribution in [3.63, 3.8) is 0 Å². The van der Waals surface area contributed by atoms with Crippen LogP contribution < -0.4 is 5.32 Å². The van der Waals surface area contributed by atoms with Crippen molar-refractivity contribution in [2.45, 2.75) is 0 Å². The fraction of sp³-hybridized carbons (Fsp3) is 0.111. The van der Waals surface area contributed by atoms with Crippen molar-refractivity contribution < 1.29 is 0 Å². The summed E-state index contributed by atoms with van der Waals surface area (Å²) < 4.78 is 0. The lowest BCUT2D eigenvalue weighted by Crippen LogP contribution is -1.96. The number of benzene rings is 1. The number of hydrogen-bond acceptors (Lipinski definition) is 3. The van der Waals surface area contributed by atoms with Crippen LogP contribution in [0.5, 0.6) is 0 Å². The molecule has 2 rings (SSSR count). The van der Waals surface area contributed by atoms with Crippen LogP contribution in [0.2, 0.25) is 10.3 Å². The molecular weight excluding hydrogens is 221 g/mol. The predicted octanol–water partition coefficient (Wildman–Crippen LogP) is 2.98. The Morgan fingerprint density at radius 3 is 2.71 bits per heavy atom. The van der Waals surface area contributed by atoms with E-state index in [1.807, 2.05) is 12.1 Å². The average Bonchev–Trinajstić information content (AvgIpc) is 2.16. The zero-order valence-electron chi connectivity index (χ0n) is 7.38. The zero-order chi connectivity index (χ0) is 10.1. The monoisotopic (exact) mass is 227 g/mol. The Morgan fingerprint density at radius 2 is 2.00 bits per heavy atom. The smallest absolute Gasteiger partial charge is 0.224 e. The molecule has 0 aliphatic heterocycles. The van der Waals surface area contributed by atoms with Crippen LogP contribution in [0.1, 0.15) is 0 Å². The summed E-state index contributed by atoms with van der Waals surface area (Å²) in [4.78, 5) is 8.11. The van der Waals surface area contributed by atoms with Crippen LogP contribution in [0.3, 0.4) is 0 Å². The molecule has 1 N–H and O–H groups in total. The van der Waals surface area contributed by atoms with E-state index in [1.165, 1.54) is 0 Å². The Labute approximate surface area is 91.1 Å². The third-order valence-corrected chi connectivity index (χ3v) is 2.37. The van der Waals surface area contributed by atoms with Gasteiger partial charge in [-0.2, -0.15) is 0 Å². The van der Waals surface area contributed by atoms with Crippen molar-refractivity contribution in [1.29, 1.82) is 0 Å². The maximum Gasteiger partial charge on any atom is 0.224 e. The summed E-state index contributed by atoms with van der Waals surface area (Å²) in [7, 11) is 1.77. The van der Waals surface area contributed by atoms with E-state index in [2.05, 4.69) is 15.3 Å². The van der Waals surface area contributed by atoms with Crippen molar-refractivity contribution in [2.24, 2.45) is 0 Å². The first-order valence-electron chi connectivity index (χ1n) is 4.02. The van der Waals surface area contributed by atoms with Crippen LogP contribution in [0.15, 0.2) is 18.2 Å². The van der Waals surface area contributed by atoms with Crippen LogP contribution in [0.4, 0.5) is 5.82 Å². The van der Waals surface area contributed by atoms with Gasteiger partial charge in [0.15, 0.2) is 0 Å². The van der Waals surface area contributed by atoms with E-state index < -0.39 is 0 Å². The molecule has 0 saturated heterocycles. The first-order chi connectivity index (χ1) is 6.72. The first kappa shape index (κ1) is 9.49. The molecule has 2 aromatic rings. The van der Waals surface area contributed by atoms with Crippen LogP contribution >= 0.6 is 23.2 Å². The van der Waals surface area contributed by atoms with E-state index in [1.54, 1.807) is 13.1 Å². The Morgan fingerprint density at radius 1 is 1.21 bits per heavy atom. The van der Waals surface area contributed by atoms with Crippen LogP contribution in [0.25, 0.3) is 10.9 Å². The SMILES string of the molecule is CNc1nc(Cl)nc2cccc(Cl)c12. The summed E-state index contributed by atoms with van der Waals surface area (Å²) in [6.45, 7) is 0. The van der Waals surface area contributed by atoms with Gasteiger partial charge in [-0.25, -0.2) is 9.97 Å². The van der Waals surface area contributed by atoms with Gasteiger partial charge in [0.2, 0.25) is 5.28 Å². The molecule has 1 aromatic heterocycles. The van der Waals surface area contributed by atoms with E-state index in [0.29, 0.717) is 10.8 Å². The quantitative estimate of drug-likeness (QED) is 0.762. The minimum absolute atomic E-state index is 0.212. The lowest BCUT2D eigenvalue weighted by Gasteiger charge is -2.05. The number of fused-ring (bicyclic) bond motifs is 1.